The van der Waals surface area contributed by atoms with Gasteiger partial charge in [-0.2, -0.15) is 0 Å². The van der Waals surface area contributed by atoms with Crippen LogP contribution in [0.5, 0.6) is 0 Å². The SMILES string of the molecule is O=c1cnc2ccccc2n1CCNCC1CCCO1. The second kappa shape index (κ2) is 6.15. The molecule has 0 radical (unpaired) electrons. The van der Waals surface area contributed by atoms with Crippen molar-refractivity contribution in [2.24, 2.45) is 0 Å². The van der Waals surface area contributed by atoms with Gasteiger partial charge in [0.1, 0.15) is 0 Å². The standard InChI is InChI=1S/C15H19N3O2/c19-15-11-17-13-5-1-2-6-14(13)18(15)8-7-16-10-12-4-3-9-20-12/h1-2,5-6,11-12,16H,3-4,7-10H2. The topological polar surface area (TPSA) is 56.2 Å². The molecule has 1 saturated heterocycles. The molecule has 1 atom stereocenters. The molecule has 0 saturated carbocycles. The molecule has 0 spiro atoms. The summed E-state index contributed by atoms with van der Waals surface area (Å²) in [6.45, 7) is 3.14. The van der Waals surface area contributed by atoms with E-state index in [1.165, 1.54) is 6.20 Å². The highest BCUT2D eigenvalue weighted by Gasteiger charge is 2.14. The number of aromatic nitrogens is 2. The van der Waals surface area contributed by atoms with Gasteiger partial charge >= 0.3 is 0 Å². The van der Waals surface area contributed by atoms with Gasteiger partial charge in [-0.1, -0.05) is 12.1 Å². The van der Waals surface area contributed by atoms with Crippen LogP contribution in [-0.2, 0) is 11.3 Å². The fraction of sp³-hybridized carbons (Fsp3) is 0.467. The summed E-state index contributed by atoms with van der Waals surface area (Å²) in [5.41, 5.74) is 1.69. The van der Waals surface area contributed by atoms with Gasteiger partial charge < -0.3 is 14.6 Å². The molecule has 1 N–H and O–H groups in total. The Morgan fingerprint density at radius 3 is 3.15 bits per heavy atom. The van der Waals surface area contributed by atoms with E-state index in [0.717, 1.165) is 43.6 Å². The monoisotopic (exact) mass is 273 g/mol. The molecule has 1 unspecified atom stereocenters. The van der Waals surface area contributed by atoms with Crippen molar-refractivity contribution in [2.75, 3.05) is 19.7 Å². The van der Waals surface area contributed by atoms with Gasteiger partial charge in [0.05, 0.1) is 23.3 Å². The molecule has 0 aliphatic carbocycles. The first-order chi connectivity index (χ1) is 9.84. The summed E-state index contributed by atoms with van der Waals surface area (Å²) >= 11 is 0. The maximum absolute atomic E-state index is 11.9. The summed E-state index contributed by atoms with van der Waals surface area (Å²) < 4.78 is 7.33. The fourth-order valence-corrected chi connectivity index (χ4v) is 2.60. The summed E-state index contributed by atoms with van der Waals surface area (Å²) in [7, 11) is 0. The molecule has 0 amide bonds. The van der Waals surface area contributed by atoms with E-state index in [1.54, 1.807) is 4.57 Å². The highest BCUT2D eigenvalue weighted by atomic mass is 16.5. The molecule has 1 aromatic heterocycles. The first-order valence-corrected chi connectivity index (χ1v) is 7.11. The number of fused-ring (bicyclic) bond motifs is 1. The highest BCUT2D eigenvalue weighted by molar-refractivity contribution is 5.74. The van der Waals surface area contributed by atoms with Crippen molar-refractivity contribution < 1.29 is 4.74 Å². The molecular formula is C15H19N3O2. The first-order valence-electron chi connectivity index (χ1n) is 7.11. The average Bonchev–Trinajstić information content (AvgIpc) is 2.98. The number of rotatable bonds is 5. The Bertz CT molecular complexity index is 632. The summed E-state index contributed by atoms with van der Waals surface area (Å²) in [4.78, 5) is 16.1. The van der Waals surface area contributed by atoms with Crippen LogP contribution in [0.1, 0.15) is 12.8 Å². The quantitative estimate of drug-likeness (QED) is 0.831. The van der Waals surface area contributed by atoms with Gasteiger partial charge in [0, 0.05) is 26.2 Å². The predicted molar refractivity (Wildman–Crippen MR) is 77.8 cm³/mol. The van der Waals surface area contributed by atoms with Crippen molar-refractivity contribution in [3.8, 4) is 0 Å². The number of benzene rings is 1. The predicted octanol–water partition coefficient (Wildman–Crippen LogP) is 1.17. The van der Waals surface area contributed by atoms with Crippen LogP contribution in [0.4, 0.5) is 0 Å². The van der Waals surface area contributed by atoms with Crippen LogP contribution in [0.2, 0.25) is 0 Å². The van der Waals surface area contributed by atoms with Crippen LogP contribution >= 0.6 is 0 Å². The molecule has 1 aliphatic rings. The smallest absolute Gasteiger partial charge is 0.269 e. The molecular weight excluding hydrogens is 254 g/mol. The summed E-state index contributed by atoms with van der Waals surface area (Å²) in [6.07, 6.45) is 4.01. The van der Waals surface area contributed by atoms with Gasteiger partial charge in [0.15, 0.2) is 0 Å². The molecule has 3 rings (SSSR count). The maximum atomic E-state index is 11.9. The molecule has 2 aromatic rings. The van der Waals surface area contributed by atoms with Crippen LogP contribution in [0.15, 0.2) is 35.3 Å². The second-order valence-electron chi connectivity index (χ2n) is 5.08. The molecule has 5 heteroatoms. The van der Waals surface area contributed by atoms with E-state index in [0.29, 0.717) is 12.6 Å². The molecule has 5 nitrogen and oxygen atoms in total. The summed E-state index contributed by atoms with van der Waals surface area (Å²) in [5, 5.41) is 3.36. The van der Waals surface area contributed by atoms with Gasteiger partial charge in [0.25, 0.3) is 5.56 Å². The van der Waals surface area contributed by atoms with Crippen molar-refractivity contribution in [3.63, 3.8) is 0 Å². The normalized spacial score (nSPS) is 18.7. The number of nitrogens with zero attached hydrogens (tertiary/aromatic N) is 2. The van der Waals surface area contributed by atoms with Gasteiger partial charge in [-0.05, 0) is 25.0 Å². The molecule has 2 heterocycles. The third-order valence-corrected chi connectivity index (χ3v) is 3.66. The lowest BCUT2D eigenvalue weighted by Gasteiger charge is -2.12. The minimum Gasteiger partial charge on any atom is -0.377 e. The number of hydrogen-bond donors (Lipinski definition) is 1. The lowest BCUT2D eigenvalue weighted by molar-refractivity contribution is 0.110. The van der Waals surface area contributed by atoms with Crippen LogP contribution in [0.25, 0.3) is 11.0 Å². The number of ether oxygens (including phenoxy) is 1. The zero-order valence-electron chi connectivity index (χ0n) is 11.4. The Balaban J connectivity index is 1.64. The van der Waals surface area contributed by atoms with Crippen LogP contribution in [0.3, 0.4) is 0 Å². The van der Waals surface area contributed by atoms with Crippen LogP contribution in [-0.4, -0.2) is 35.4 Å². The van der Waals surface area contributed by atoms with Crippen molar-refractivity contribution in [1.29, 1.82) is 0 Å². The lowest BCUT2D eigenvalue weighted by atomic mass is 10.2. The Labute approximate surface area is 117 Å². The molecule has 1 fully saturated rings. The Morgan fingerprint density at radius 2 is 2.30 bits per heavy atom. The molecule has 1 aromatic carbocycles. The van der Waals surface area contributed by atoms with E-state index in [9.17, 15) is 4.79 Å². The average molecular weight is 273 g/mol. The highest BCUT2D eigenvalue weighted by Crippen LogP contribution is 2.10. The molecule has 0 bridgehead atoms. The zero-order chi connectivity index (χ0) is 13.8. The first kappa shape index (κ1) is 13.3. The van der Waals surface area contributed by atoms with Gasteiger partial charge in [-0.3, -0.25) is 4.79 Å². The van der Waals surface area contributed by atoms with Gasteiger partial charge in [0.2, 0.25) is 0 Å². The number of para-hydroxylation sites is 2. The van der Waals surface area contributed by atoms with Crippen LogP contribution < -0.4 is 10.9 Å². The fourth-order valence-electron chi connectivity index (χ4n) is 2.60. The van der Waals surface area contributed by atoms with Crippen molar-refractivity contribution in [1.82, 2.24) is 14.9 Å². The molecule has 20 heavy (non-hydrogen) atoms. The molecule has 1 aliphatic heterocycles. The number of hydrogen-bond acceptors (Lipinski definition) is 4. The van der Waals surface area contributed by atoms with E-state index in [2.05, 4.69) is 10.3 Å². The van der Waals surface area contributed by atoms with Crippen molar-refractivity contribution in [3.05, 3.63) is 40.8 Å². The molecule has 106 valence electrons. The van der Waals surface area contributed by atoms with Crippen LogP contribution in [0, 0.1) is 0 Å². The van der Waals surface area contributed by atoms with Crippen molar-refractivity contribution in [2.45, 2.75) is 25.5 Å². The Hall–Kier alpha value is -1.72. The lowest BCUT2D eigenvalue weighted by Crippen LogP contribution is -2.31. The maximum Gasteiger partial charge on any atom is 0.269 e. The summed E-state index contributed by atoms with van der Waals surface area (Å²) in [5.74, 6) is 0. The van der Waals surface area contributed by atoms with Gasteiger partial charge in [-0.15, -0.1) is 0 Å². The Kier molecular flexibility index (Phi) is 4.08. The Morgan fingerprint density at radius 1 is 1.40 bits per heavy atom. The van der Waals surface area contributed by atoms with Crippen molar-refractivity contribution >= 4 is 11.0 Å². The third-order valence-electron chi connectivity index (χ3n) is 3.66. The minimum atomic E-state index is -0.0531. The third kappa shape index (κ3) is 2.89. The second-order valence-corrected chi connectivity index (χ2v) is 5.08. The summed E-state index contributed by atoms with van der Waals surface area (Å²) in [6, 6.07) is 7.72. The minimum absolute atomic E-state index is 0.0531. The zero-order valence-corrected chi connectivity index (χ0v) is 11.4. The van der Waals surface area contributed by atoms with E-state index in [4.69, 9.17) is 4.74 Å². The van der Waals surface area contributed by atoms with E-state index >= 15 is 0 Å². The number of nitrogens with one attached hydrogen (secondary N) is 1. The largest absolute Gasteiger partial charge is 0.377 e. The van der Waals surface area contributed by atoms with E-state index < -0.39 is 0 Å². The van der Waals surface area contributed by atoms with Gasteiger partial charge in [-0.25, -0.2) is 4.98 Å². The van der Waals surface area contributed by atoms with E-state index in [1.807, 2.05) is 24.3 Å². The van der Waals surface area contributed by atoms with E-state index in [-0.39, 0.29) is 5.56 Å².